The molecule has 8 atom stereocenters. The largest absolute Gasteiger partial charge is 0.388 e. The maximum atomic E-state index is 12.9. The Morgan fingerprint density at radius 1 is 1.37 bits per heavy atom. The lowest BCUT2D eigenvalue weighted by Crippen LogP contribution is -2.63. The Morgan fingerprint density at radius 3 is 2.67 bits per heavy atom. The minimum absolute atomic E-state index is 0.0972. The van der Waals surface area contributed by atoms with Gasteiger partial charge in [-0.05, 0) is 38.5 Å². The van der Waals surface area contributed by atoms with Gasteiger partial charge in [0.1, 0.15) is 29.9 Å². The minimum atomic E-state index is -1.33. The Hall–Kier alpha value is -0.640. The number of nitrogens with one attached hydrogen (secondary N) is 1. The SMILES string of the molecule is C=CC[C@@H](NC(=O)[C@@H]1C[C@@H](CCC)CN1C)[C@H]1O[C@H](SC)[C@H](O)[C@@H](O)[C@H]1O. The molecule has 0 saturated carbocycles. The second-order valence-corrected chi connectivity index (χ2v) is 8.60. The van der Waals surface area contributed by atoms with Crippen molar-refractivity contribution >= 4 is 17.7 Å². The summed E-state index contributed by atoms with van der Waals surface area (Å²) in [6.45, 7) is 6.79. The molecule has 0 unspecified atom stereocenters. The summed E-state index contributed by atoms with van der Waals surface area (Å²) >= 11 is 1.26. The van der Waals surface area contributed by atoms with Crippen molar-refractivity contribution in [3.05, 3.63) is 12.7 Å². The number of rotatable bonds is 8. The third kappa shape index (κ3) is 5.25. The van der Waals surface area contributed by atoms with Crippen molar-refractivity contribution in [2.24, 2.45) is 5.92 Å². The summed E-state index contributed by atoms with van der Waals surface area (Å²) in [5.74, 6) is 0.419. The van der Waals surface area contributed by atoms with Gasteiger partial charge >= 0.3 is 0 Å². The standard InChI is InChI=1S/C19H34N2O5S/c1-5-7-11-9-13(21(3)10-11)18(25)20-12(8-6-2)17-15(23)14(22)16(24)19(26-17)27-4/h6,11-17,19,22-24H,2,5,7-10H2,1,3-4H3,(H,20,25)/t11-,12-,13+,14+,15-,16-,17-,19-/m1/s1. The van der Waals surface area contributed by atoms with Crippen LogP contribution in [0.15, 0.2) is 12.7 Å². The van der Waals surface area contributed by atoms with Gasteiger partial charge in [-0.3, -0.25) is 9.69 Å². The number of aliphatic hydroxyl groups excluding tert-OH is 3. The molecule has 2 fully saturated rings. The summed E-state index contributed by atoms with van der Waals surface area (Å²) < 4.78 is 5.82. The summed E-state index contributed by atoms with van der Waals surface area (Å²) in [6.07, 6.45) is 2.23. The summed E-state index contributed by atoms with van der Waals surface area (Å²) in [7, 11) is 1.96. The van der Waals surface area contributed by atoms with Crippen LogP contribution in [0.4, 0.5) is 0 Å². The van der Waals surface area contributed by atoms with Crippen LogP contribution < -0.4 is 5.32 Å². The van der Waals surface area contributed by atoms with Gasteiger partial charge in [0.2, 0.25) is 5.91 Å². The van der Waals surface area contributed by atoms with E-state index in [-0.39, 0.29) is 11.9 Å². The van der Waals surface area contributed by atoms with E-state index in [9.17, 15) is 20.1 Å². The van der Waals surface area contributed by atoms with Crippen LogP contribution in [-0.4, -0.2) is 87.9 Å². The number of hydrogen-bond acceptors (Lipinski definition) is 7. The Morgan fingerprint density at radius 2 is 2.07 bits per heavy atom. The van der Waals surface area contributed by atoms with Crippen LogP contribution in [0.5, 0.6) is 0 Å². The predicted octanol–water partition coefficient (Wildman–Crippen LogP) is 0.338. The molecule has 7 nitrogen and oxygen atoms in total. The van der Waals surface area contributed by atoms with Gasteiger partial charge in [-0.25, -0.2) is 0 Å². The van der Waals surface area contributed by atoms with Gasteiger partial charge in [0.25, 0.3) is 0 Å². The first-order valence-corrected chi connectivity index (χ1v) is 11.0. The van der Waals surface area contributed by atoms with E-state index in [0.29, 0.717) is 12.3 Å². The molecule has 27 heavy (non-hydrogen) atoms. The Bertz CT molecular complexity index is 506. The van der Waals surface area contributed by atoms with Gasteiger partial charge in [0.05, 0.1) is 12.1 Å². The molecule has 2 rings (SSSR count). The number of thioether (sulfide) groups is 1. The molecule has 0 aromatic rings. The van der Waals surface area contributed by atoms with Crippen molar-refractivity contribution in [1.29, 1.82) is 0 Å². The van der Waals surface area contributed by atoms with E-state index in [1.54, 1.807) is 12.3 Å². The van der Waals surface area contributed by atoms with E-state index in [2.05, 4.69) is 23.7 Å². The molecule has 4 N–H and O–H groups in total. The highest BCUT2D eigenvalue weighted by atomic mass is 32.2. The van der Waals surface area contributed by atoms with Crippen molar-refractivity contribution in [2.75, 3.05) is 19.8 Å². The third-order valence-corrected chi connectivity index (χ3v) is 6.47. The lowest BCUT2D eigenvalue weighted by atomic mass is 9.92. The first-order chi connectivity index (χ1) is 12.8. The summed E-state index contributed by atoms with van der Waals surface area (Å²) in [4.78, 5) is 15.0. The van der Waals surface area contributed by atoms with Gasteiger partial charge in [-0.15, -0.1) is 18.3 Å². The normalized spacial score (nSPS) is 38.5. The average molecular weight is 403 g/mol. The van der Waals surface area contributed by atoms with E-state index < -0.39 is 35.9 Å². The van der Waals surface area contributed by atoms with Crippen LogP contribution in [-0.2, 0) is 9.53 Å². The van der Waals surface area contributed by atoms with Gasteiger partial charge in [0.15, 0.2) is 0 Å². The number of carbonyl (C=O) groups excluding carboxylic acids is 1. The monoisotopic (exact) mass is 402 g/mol. The van der Waals surface area contributed by atoms with E-state index in [1.165, 1.54) is 11.8 Å². The van der Waals surface area contributed by atoms with Crippen LogP contribution in [0.1, 0.15) is 32.6 Å². The zero-order chi connectivity index (χ0) is 20.1. The molecule has 156 valence electrons. The number of carbonyl (C=O) groups is 1. The second kappa shape index (κ2) is 10.2. The molecule has 0 bridgehead atoms. The molecular weight excluding hydrogens is 368 g/mol. The van der Waals surface area contributed by atoms with Crippen LogP contribution >= 0.6 is 11.8 Å². The minimum Gasteiger partial charge on any atom is -0.388 e. The summed E-state index contributed by atoms with van der Waals surface area (Å²) in [5, 5.41) is 33.6. The zero-order valence-electron chi connectivity index (χ0n) is 16.5. The number of likely N-dealkylation sites (N-methyl/N-ethyl adjacent to an activating group) is 1. The fourth-order valence-electron chi connectivity index (χ4n) is 4.16. The summed E-state index contributed by atoms with van der Waals surface area (Å²) in [6, 6.07) is -0.734. The molecule has 8 heteroatoms. The smallest absolute Gasteiger partial charge is 0.237 e. The number of hydrogen-bond donors (Lipinski definition) is 4. The lowest BCUT2D eigenvalue weighted by molar-refractivity contribution is -0.205. The number of nitrogens with zero attached hydrogens (tertiary/aromatic N) is 1. The van der Waals surface area contributed by atoms with Crippen LogP contribution in [0.2, 0.25) is 0 Å². The molecule has 2 heterocycles. The van der Waals surface area contributed by atoms with Crippen molar-refractivity contribution in [1.82, 2.24) is 10.2 Å². The Kier molecular flexibility index (Phi) is 8.58. The average Bonchev–Trinajstić information content (AvgIpc) is 3.00. The Labute approximate surface area is 166 Å². The Balaban J connectivity index is 2.08. The van der Waals surface area contributed by atoms with Crippen LogP contribution in [0, 0.1) is 5.92 Å². The second-order valence-electron chi connectivity index (χ2n) is 7.66. The summed E-state index contributed by atoms with van der Waals surface area (Å²) in [5.41, 5.74) is -0.666. The van der Waals surface area contributed by atoms with Crippen molar-refractivity contribution in [2.45, 2.75) is 74.5 Å². The van der Waals surface area contributed by atoms with E-state index in [1.807, 2.05) is 7.05 Å². The van der Waals surface area contributed by atoms with Crippen molar-refractivity contribution < 1.29 is 24.9 Å². The quantitative estimate of drug-likeness (QED) is 0.434. The van der Waals surface area contributed by atoms with E-state index in [4.69, 9.17) is 4.74 Å². The van der Waals surface area contributed by atoms with Gasteiger partial charge < -0.3 is 25.4 Å². The highest BCUT2D eigenvalue weighted by Gasteiger charge is 2.47. The molecular formula is C19H34N2O5S. The number of likely N-dealkylation sites (tertiary alicyclic amines) is 1. The molecule has 2 aliphatic rings. The maximum absolute atomic E-state index is 12.9. The highest BCUT2D eigenvalue weighted by molar-refractivity contribution is 7.99. The van der Waals surface area contributed by atoms with E-state index >= 15 is 0 Å². The third-order valence-electron chi connectivity index (χ3n) is 5.62. The molecule has 0 aromatic heterocycles. The molecule has 1 amide bonds. The molecule has 2 aliphatic heterocycles. The van der Waals surface area contributed by atoms with Crippen molar-refractivity contribution in [3.8, 4) is 0 Å². The van der Waals surface area contributed by atoms with Gasteiger partial charge in [-0.2, -0.15) is 0 Å². The van der Waals surface area contributed by atoms with Crippen LogP contribution in [0.3, 0.4) is 0 Å². The maximum Gasteiger partial charge on any atom is 0.237 e. The van der Waals surface area contributed by atoms with Gasteiger partial charge in [0, 0.05) is 6.54 Å². The predicted molar refractivity (Wildman–Crippen MR) is 106 cm³/mol. The van der Waals surface area contributed by atoms with Crippen molar-refractivity contribution in [3.63, 3.8) is 0 Å². The number of aliphatic hydroxyl groups is 3. The first kappa shape index (κ1) is 22.6. The fourth-order valence-corrected chi connectivity index (χ4v) is 4.84. The van der Waals surface area contributed by atoms with Gasteiger partial charge in [-0.1, -0.05) is 19.4 Å². The molecule has 0 aromatic carbocycles. The zero-order valence-corrected chi connectivity index (χ0v) is 17.3. The molecule has 2 saturated heterocycles. The number of ether oxygens (including phenoxy) is 1. The molecule has 0 aliphatic carbocycles. The molecule has 0 radical (unpaired) electrons. The first-order valence-electron chi connectivity index (χ1n) is 9.67. The fraction of sp³-hybridized carbons (Fsp3) is 0.842. The van der Waals surface area contributed by atoms with Crippen LogP contribution in [0.25, 0.3) is 0 Å². The highest BCUT2D eigenvalue weighted by Crippen LogP contribution is 2.30. The number of amides is 1. The lowest BCUT2D eigenvalue weighted by Gasteiger charge is -2.43. The topological polar surface area (TPSA) is 102 Å². The molecule has 0 spiro atoms. The van der Waals surface area contributed by atoms with E-state index in [0.717, 1.165) is 25.8 Å².